The molecule has 1 unspecified atom stereocenters. The van der Waals surface area contributed by atoms with Gasteiger partial charge >= 0.3 is 11.9 Å². The fraction of sp³-hybridized carbons (Fsp3) is 0.444. The van der Waals surface area contributed by atoms with Crippen molar-refractivity contribution in [2.24, 2.45) is 0 Å². The highest BCUT2D eigenvalue weighted by Gasteiger charge is 2.37. The van der Waals surface area contributed by atoms with E-state index in [-0.39, 0.29) is 11.7 Å². The molecular formula is C18H18F3N7O3. The number of carbonyl (C=O) groups is 1. The predicted molar refractivity (Wildman–Crippen MR) is 97.8 cm³/mol. The van der Waals surface area contributed by atoms with Crippen molar-refractivity contribution in [1.82, 2.24) is 34.8 Å². The van der Waals surface area contributed by atoms with Crippen LogP contribution in [0.1, 0.15) is 52.3 Å². The Morgan fingerprint density at radius 2 is 2.19 bits per heavy atom. The molecule has 164 valence electrons. The molecule has 1 amide bonds. The second kappa shape index (κ2) is 7.96. The number of alkyl halides is 3. The van der Waals surface area contributed by atoms with E-state index in [9.17, 15) is 22.8 Å². The lowest BCUT2D eigenvalue weighted by atomic mass is 10.1. The monoisotopic (exact) mass is 437 g/mol. The van der Waals surface area contributed by atoms with Gasteiger partial charge in [-0.3, -0.25) is 19.0 Å². The summed E-state index contributed by atoms with van der Waals surface area (Å²) in [5.74, 6) is -0.670. The number of hydrogen-bond donors (Lipinski definition) is 1. The van der Waals surface area contributed by atoms with Crippen LogP contribution >= 0.6 is 0 Å². The Morgan fingerprint density at radius 1 is 1.39 bits per heavy atom. The lowest BCUT2D eigenvalue weighted by molar-refractivity contribution is -0.141. The normalized spacial score (nSPS) is 16.8. The van der Waals surface area contributed by atoms with Gasteiger partial charge in [-0.2, -0.15) is 18.3 Å². The van der Waals surface area contributed by atoms with Crippen LogP contribution in [0.15, 0.2) is 27.8 Å². The zero-order valence-electron chi connectivity index (χ0n) is 16.4. The number of aryl methyl sites for hydroxylation is 2. The molecule has 13 heteroatoms. The topological polar surface area (TPSA) is 123 Å². The Kier molecular flexibility index (Phi) is 5.33. The van der Waals surface area contributed by atoms with E-state index in [0.29, 0.717) is 49.4 Å². The van der Waals surface area contributed by atoms with E-state index in [4.69, 9.17) is 0 Å². The van der Waals surface area contributed by atoms with Crippen LogP contribution in [-0.4, -0.2) is 47.2 Å². The second-order valence-corrected chi connectivity index (χ2v) is 7.11. The number of nitrogens with zero attached hydrogens (tertiary/aromatic N) is 6. The molecule has 10 nitrogen and oxygen atoms in total. The molecule has 0 radical (unpaired) electrons. The molecule has 0 aromatic carbocycles. The number of aromatic amines is 1. The van der Waals surface area contributed by atoms with Crippen molar-refractivity contribution in [3.05, 3.63) is 57.6 Å². The average molecular weight is 437 g/mol. The van der Waals surface area contributed by atoms with Crippen molar-refractivity contribution in [3.8, 4) is 0 Å². The van der Waals surface area contributed by atoms with Gasteiger partial charge in [0.05, 0.1) is 17.8 Å². The summed E-state index contributed by atoms with van der Waals surface area (Å²) >= 11 is 0. The van der Waals surface area contributed by atoms with E-state index in [1.807, 2.05) is 0 Å². The number of nitrogens with one attached hydrogen (secondary N) is 1. The molecule has 0 bridgehead atoms. The van der Waals surface area contributed by atoms with E-state index in [2.05, 4.69) is 29.7 Å². The summed E-state index contributed by atoms with van der Waals surface area (Å²) in [4.78, 5) is 35.7. The van der Waals surface area contributed by atoms with Gasteiger partial charge < -0.3 is 4.90 Å². The number of H-pyrrole nitrogens is 1. The van der Waals surface area contributed by atoms with E-state index < -0.39 is 23.7 Å². The average Bonchev–Trinajstić information content (AvgIpc) is 3.46. The van der Waals surface area contributed by atoms with Crippen molar-refractivity contribution in [3.63, 3.8) is 0 Å². The van der Waals surface area contributed by atoms with Gasteiger partial charge in [0.25, 0.3) is 5.91 Å². The molecule has 1 atom stereocenters. The Hall–Kier alpha value is -3.51. The summed E-state index contributed by atoms with van der Waals surface area (Å²) in [6, 6.07) is 0.165. The molecule has 4 rings (SSSR count). The number of aromatic nitrogens is 6. The van der Waals surface area contributed by atoms with E-state index in [1.165, 1.54) is 11.1 Å². The summed E-state index contributed by atoms with van der Waals surface area (Å²) in [6.45, 7) is 2.45. The zero-order chi connectivity index (χ0) is 22.2. The first kappa shape index (κ1) is 20.8. The van der Waals surface area contributed by atoms with Gasteiger partial charge in [0.2, 0.25) is 0 Å². The molecule has 3 aromatic heterocycles. The van der Waals surface area contributed by atoms with Crippen molar-refractivity contribution in [2.45, 2.75) is 44.9 Å². The van der Waals surface area contributed by atoms with Gasteiger partial charge in [0, 0.05) is 31.4 Å². The Labute approximate surface area is 173 Å². The van der Waals surface area contributed by atoms with Crippen LogP contribution in [0.5, 0.6) is 0 Å². The maximum absolute atomic E-state index is 13.1. The van der Waals surface area contributed by atoms with Gasteiger partial charge in [-0.25, -0.2) is 14.8 Å². The van der Waals surface area contributed by atoms with Gasteiger partial charge in [0.15, 0.2) is 11.6 Å². The third-order valence-corrected chi connectivity index (χ3v) is 5.16. The van der Waals surface area contributed by atoms with Gasteiger partial charge in [0.1, 0.15) is 5.69 Å². The highest BCUT2D eigenvalue weighted by molar-refractivity contribution is 5.95. The summed E-state index contributed by atoms with van der Waals surface area (Å²) in [7, 11) is 0. The van der Waals surface area contributed by atoms with Crippen molar-refractivity contribution in [2.75, 3.05) is 6.54 Å². The Morgan fingerprint density at radius 3 is 2.90 bits per heavy atom. The highest BCUT2D eigenvalue weighted by atomic mass is 19.4. The van der Waals surface area contributed by atoms with Crippen LogP contribution in [0.3, 0.4) is 0 Å². The molecule has 1 fully saturated rings. The summed E-state index contributed by atoms with van der Waals surface area (Å²) < 4.78 is 45.1. The van der Waals surface area contributed by atoms with E-state index in [0.717, 1.165) is 12.3 Å². The molecule has 1 N–H and O–H groups in total. The summed E-state index contributed by atoms with van der Waals surface area (Å²) in [5.41, 5.74) is -0.106. The first-order chi connectivity index (χ1) is 14.7. The highest BCUT2D eigenvalue weighted by Crippen LogP contribution is 2.34. The van der Waals surface area contributed by atoms with Crippen LogP contribution in [-0.2, 0) is 19.1 Å². The molecule has 0 spiro atoms. The summed E-state index contributed by atoms with van der Waals surface area (Å²) in [6.07, 6.45) is -0.666. The number of rotatable bonds is 5. The fourth-order valence-corrected chi connectivity index (χ4v) is 3.59. The smallest absolute Gasteiger partial charge is 0.328 e. The first-order valence-electron chi connectivity index (χ1n) is 9.52. The molecule has 0 saturated carbocycles. The quantitative estimate of drug-likeness (QED) is 0.647. The fourth-order valence-electron chi connectivity index (χ4n) is 3.59. The van der Waals surface area contributed by atoms with Crippen molar-refractivity contribution >= 4 is 5.91 Å². The van der Waals surface area contributed by atoms with Crippen molar-refractivity contribution in [1.29, 1.82) is 0 Å². The van der Waals surface area contributed by atoms with Gasteiger partial charge in [-0.05, 0) is 25.8 Å². The SMILES string of the molecule is Cc1c(C(=O)N2CCCC2c2nccc(C(F)(F)F)n2)cnn1CCc1noc(=O)[nH]1. The molecule has 1 aliphatic heterocycles. The minimum absolute atomic E-state index is 0.0271. The molecule has 3 aromatic rings. The maximum atomic E-state index is 13.1. The van der Waals surface area contributed by atoms with E-state index in [1.54, 1.807) is 11.6 Å². The van der Waals surface area contributed by atoms with E-state index >= 15 is 0 Å². The number of likely N-dealkylation sites (tertiary alicyclic amines) is 1. The molecule has 0 aliphatic carbocycles. The van der Waals surface area contributed by atoms with Crippen LogP contribution in [0.2, 0.25) is 0 Å². The van der Waals surface area contributed by atoms with Crippen LogP contribution < -0.4 is 5.76 Å². The molecule has 31 heavy (non-hydrogen) atoms. The largest absolute Gasteiger partial charge is 0.438 e. The van der Waals surface area contributed by atoms with Crippen LogP contribution in [0, 0.1) is 6.92 Å². The molecule has 1 aliphatic rings. The molecular weight excluding hydrogens is 419 g/mol. The van der Waals surface area contributed by atoms with Gasteiger partial charge in [-0.15, -0.1) is 0 Å². The standard InChI is InChI=1S/C18H18F3N7O3/c1-10-11(9-23-28(10)8-5-14-25-17(30)31-26-14)16(29)27-7-2-3-12(27)15-22-6-4-13(24-15)18(19,20)21/h4,6,9,12H,2-3,5,7-8H2,1H3,(H,25,26,30). The third-order valence-electron chi connectivity index (χ3n) is 5.16. The minimum Gasteiger partial charge on any atom is -0.328 e. The predicted octanol–water partition coefficient (Wildman–Crippen LogP) is 1.90. The minimum atomic E-state index is -4.59. The maximum Gasteiger partial charge on any atom is 0.438 e. The Balaban J connectivity index is 1.52. The number of carbonyl (C=O) groups excluding carboxylic acids is 1. The van der Waals surface area contributed by atoms with Crippen LogP contribution in [0.4, 0.5) is 13.2 Å². The molecule has 1 saturated heterocycles. The third kappa shape index (κ3) is 4.20. The number of halogens is 3. The second-order valence-electron chi connectivity index (χ2n) is 7.11. The molecule has 4 heterocycles. The Bertz CT molecular complexity index is 1150. The number of amides is 1. The van der Waals surface area contributed by atoms with Crippen molar-refractivity contribution < 1.29 is 22.5 Å². The zero-order valence-corrected chi connectivity index (χ0v) is 16.4. The summed E-state index contributed by atoms with van der Waals surface area (Å²) in [5, 5.41) is 7.79. The lowest BCUT2D eigenvalue weighted by Gasteiger charge is -2.24. The first-order valence-corrected chi connectivity index (χ1v) is 9.52. The van der Waals surface area contributed by atoms with Crippen LogP contribution in [0.25, 0.3) is 0 Å². The van der Waals surface area contributed by atoms with Gasteiger partial charge in [-0.1, -0.05) is 5.16 Å². The number of hydrogen-bond acceptors (Lipinski definition) is 7. The lowest BCUT2D eigenvalue weighted by Crippen LogP contribution is -2.32.